The Bertz CT molecular complexity index is 354. The van der Waals surface area contributed by atoms with Crippen molar-refractivity contribution in [2.24, 2.45) is 5.41 Å². The SMILES string of the molecule is CCCN(CC1CCCN1)S(=O)(=O)CCC(C)(C)C. The maximum absolute atomic E-state index is 12.5. The second-order valence-corrected chi connectivity index (χ2v) is 8.87. The van der Waals surface area contributed by atoms with Gasteiger partial charge in [0.2, 0.25) is 10.0 Å². The van der Waals surface area contributed by atoms with Gasteiger partial charge in [-0.25, -0.2) is 12.7 Å². The average Bonchev–Trinajstić information content (AvgIpc) is 2.78. The maximum Gasteiger partial charge on any atom is 0.214 e. The Morgan fingerprint density at radius 1 is 1.32 bits per heavy atom. The highest BCUT2D eigenvalue weighted by atomic mass is 32.2. The van der Waals surface area contributed by atoms with Crippen molar-refractivity contribution < 1.29 is 8.42 Å². The molecule has 0 aromatic rings. The molecule has 1 saturated heterocycles. The largest absolute Gasteiger partial charge is 0.313 e. The molecule has 19 heavy (non-hydrogen) atoms. The van der Waals surface area contributed by atoms with E-state index in [-0.39, 0.29) is 11.2 Å². The summed E-state index contributed by atoms with van der Waals surface area (Å²) in [4.78, 5) is 0. The highest BCUT2D eigenvalue weighted by molar-refractivity contribution is 7.89. The van der Waals surface area contributed by atoms with Crippen LogP contribution in [0, 0.1) is 5.41 Å². The molecular formula is C14H30N2O2S. The zero-order chi connectivity index (χ0) is 14.5. The summed E-state index contributed by atoms with van der Waals surface area (Å²) in [6, 6.07) is 0.343. The van der Waals surface area contributed by atoms with E-state index in [2.05, 4.69) is 26.1 Å². The van der Waals surface area contributed by atoms with Crippen LogP contribution in [0.5, 0.6) is 0 Å². The lowest BCUT2D eigenvalue weighted by atomic mass is 9.94. The zero-order valence-electron chi connectivity index (χ0n) is 12.9. The van der Waals surface area contributed by atoms with E-state index in [0.717, 1.165) is 25.8 Å². The number of hydrogen-bond donors (Lipinski definition) is 1. The van der Waals surface area contributed by atoms with E-state index >= 15 is 0 Å². The van der Waals surface area contributed by atoms with Crippen molar-refractivity contribution >= 4 is 10.0 Å². The highest BCUT2D eigenvalue weighted by Gasteiger charge is 2.27. The van der Waals surface area contributed by atoms with Crippen LogP contribution in [0.25, 0.3) is 0 Å². The molecule has 1 rings (SSSR count). The predicted octanol–water partition coefficient (Wildman–Crippen LogP) is 2.22. The minimum absolute atomic E-state index is 0.0660. The molecule has 1 aliphatic heterocycles. The lowest BCUT2D eigenvalue weighted by Crippen LogP contribution is -2.42. The average molecular weight is 290 g/mol. The van der Waals surface area contributed by atoms with E-state index < -0.39 is 10.0 Å². The molecule has 0 amide bonds. The van der Waals surface area contributed by atoms with Gasteiger partial charge < -0.3 is 5.32 Å². The first kappa shape index (κ1) is 16.9. The van der Waals surface area contributed by atoms with E-state index in [4.69, 9.17) is 0 Å². The lowest BCUT2D eigenvalue weighted by Gasteiger charge is -2.26. The van der Waals surface area contributed by atoms with Gasteiger partial charge in [-0.1, -0.05) is 27.7 Å². The summed E-state index contributed by atoms with van der Waals surface area (Å²) >= 11 is 0. The molecule has 0 radical (unpaired) electrons. The van der Waals surface area contributed by atoms with Crippen LogP contribution in [-0.4, -0.2) is 44.2 Å². The zero-order valence-corrected chi connectivity index (χ0v) is 13.7. The van der Waals surface area contributed by atoms with Gasteiger partial charge in [0.25, 0.3) is 0 Å². The molecule has 5 heteroatoms. The molecule has 114 valence electrons. The standard InChI is InChI=1S/C14H30N2O2S/c1-5-10-16(12-13-7-6-9-15-13)19(17,18)11-8-14(2,3)4/h13,15H,5-12H2,1-4H3. The van der Waals surface area contributed by atoms with Crippen molar-refractivity contribution in [3.63, 3.8) is 0 Å². The molecule has 1 atom stereocenters. The summed E-state index contributed by atoms with van der Waals surface area (Å²) in [6.07, 6.45) is 3.84. The fourth-order valence-electron chi connectivity index (χ4n) is 2.32. The molecule has 0 aromatic heterocycles. The molecule has 0 aromatic carbocycles. The Labute approximate surface area is 119 Å². The van der Waals surface area contributed by atoms with E-state index in [0.29, 0.717) is 25.6 Å². The quantitative estimate of drug-likeness (QED) is 0.782. The van der Waals surface area contributed by atoms with Crippen molar-refractivity contribution in [2.75, 3.05) is 25.4 Å². The number of rotatable bonds is 7. The molecule has 1 fully saturated rings. The molecule has 0 saturated carbocycles. The first-order valence-corrected chi connectivity index (χ1v) is 9.07. The van der Waals surface area contributed by atoms with Gasteiger partial charge in [0, 0.05) is 19.1 Å². The Kier molecular flexibility index (Phi) is 6.27. The van der Waals surface area contributed by atoms with Crippen LogP contribution in [-0.2, 0) is 10.0 Å². The summed E-state index contributed by atoms with van der Waals surface area (Å²) in [5.41, 5.74) is 0.0660. The number of sulfonamides is 1. The maximum atomic E-state index is 12.5. The summed E-state index contributed by atoms with van der Waals surface area (Å²) in [6.45, 7) is 10.6. The van der Waals surface area contributed by atoms with Gasteiger partial charge in [-0.3, -0.25) is 0 Å². The topological polar surface area (TPSA) is 49.4 Å². The number of hydrogen-bond acceptors (Lipinski definition) is 3. The smallest absolute Gasteiger partial charge is 0.214 e. The van der Waals surface area contributed by atoms with Crippen LogP contribution in [0.1, 0.15) is 53.4 Å². The number of nitrogens with one attached hydrogen (secondary N) is 1. The summed E-state index contributed by atoms with van der Waals surface area (Å²) in [5, 5.41) is 3.38. The molecule has 1 heterocycles. The minimum Gasteiger partial charge on any atom is -0.313 e. The Balaban J connectivity index is 2.61. The lowest BCUT2D eigenvalue weighted by molar-refractivity contribution is 0.356. The molecule has 0 bridgehead atoms. The second-order valence-electron chi connectivity index (χ2n) is 6.78. The van der Waals surface area contributed by atoms with Crippen LogP contribution in [0.4, 0.5) is 0 Å². The first-order chi connectivity index (χ1) is 8.74. The minimum atomic E-state index is -3.11. The van der Waals surface area contributed by atoms with Gasteiger partial charge >= 0.3 is 0 Å². The van der Waals surface area contributed by atoms with Gasteiger partial charge in [0.05, 0.1) is 5.75 Å². The molecule has 0 aliphatic carbocycles. The van der Waals surface area contributed by atoms with E-state index in [1.54, 1.807) is 4.31 Å². The summed E-state index contributed by atoms with van der Waals surface area (Å²) in [7, 11) is -3.11. The third-order valence-electron chi connectivity index (χ3n) is 3.56. The molecule has 0 spiro atoms. The Morgan fingerprint density at radius 3 is 2.47 bits per heavy atom. The van der Waals surface area contributed by atoms with Crippen molar-refractivity contribution in [3.8, 4) is 0 Å². The molecule has 1 aliphatic rings. The van der Waals surface area contributed by atoms with Gasteiger partial charge in [-0.2, -0.15) is 0 Å². The van der Waals surface area contributed by atoms with E-state index in [1.165, 1.54) is 0 Å². The monoisotopic (exact) mass is 290 g/mol. The van der Waals surface area contributed by atoms with Crippen LogP contribution in [0.2, 0.25) is 0 Å². The Morgan fingerprint density at radius 2 is 2.00 bits per heavy atom. The molecular weight excluding hydrogens is 260 g/mol. The summed E-state index contributed by atoms with van der Waals surface area (Å²) < 4.78 is 26.6. The third-order valence-corrected chi connectivity index (χ3v) is 5.40. The highest BCUT2D eigenvalue weighted by Crippen LogP contribution is 2.21. The van der Waals surface area contributed by atoms with Crippen molar-refractivity contribution in [1.29, 1.82) is 0 Å². The fourth-order valence-corrected chi connectivity index (χ4v) is 4.31. The third kappa shape index (κ3) is 6.23. The van der Waals surface area contributed by atoms with Crippen LogP contribution in [0.3, 0.4) is 0 Å². The fraction of sp³-hybridized carbons (Fsp3) is 1.00. The van der Waals surface area contributed by atoms with Crippen molar-refractivity contribution in [1.82, 2.24) is 9.62 Å². The molecule has 4 nitrogen and oxygen atoms in total. The Hall–Kier alpha value is -0.130. The van der Waals surface area contributed by atoms with Crippen LogP contribution >= 0.6 is 0 Å². The van der Waals surface area contributed by atoms with E-state index in [9.17, 15) is 8.42 Å². The van der Waals surface area contributed by atoms with Gasteiger partial charge in [0.15, 0.2) is 0 Å². The van der Waals surface area contributed by atoms with Gasteiger partial charge in [-0.05, 0) is 37.6 Å². The van der Waals surface area contributed by atoms with Crippen molar-refractivity contribution in [3.05, 3.63) is 0 Å². The van der Waals surface area contributed by atoms with Crippen LogP contribution < -0.4 is 5.32 Å². The predicted molar refractivity (Wildman–Crippen MR) is 80.7 cm³/mol. The molecule has 1 unspecified atom stereocenters. The van der Waals surface area contributed by atoms with Gasteiger partial charge in [-0.15, -0.1) is 0 Å². The summed E-state index contributed by atoms with van der Waals surface area (Å²) in [5.74, 6) is 0.267. The van der Waals surface area contributed by atoms with Gasteiger partial charge in [0.1, 0.15) is 0 Å². The second kappa shape index (κ2) is 7.04. The van der Waals surface area contributed by atoms with Crippen molar-refractivity contribution in [2.45, 2.75) is 59.4 Å². The van der Waals surface area contributed by atoms with Crippen LogP contribution in [0.15, 0.2) is 0 Å². The first-order valence-electron chi connectivity index (χ1n) is 7.46. The number of nitrogens with zero attached hydrogens (tertiary/aromatic N) is 1. The molecule has 1 N–H and O–H groups in total. The van der Waals surface area contributed by atoms with E-state index in [1.807, 2.05) is 6.92 Å². The normalized spacial score (nSPS) is 21.2.